The van der Waals surface area contributed by atoms with Crippen LogP contribution in [0, 0.1) is 5.82 Å². The van der Waals surface area contributed by atoms with Crippen LogP contribution in [0.15, 0.2) is 33.8 Å². The summed E-state index contributed by atoms with van der Waals surface area (Å²) in [6.07, 6.45) is 0. The van der Waals surface area contributed by atoms with Crippen LogP contribution in [0.4, 0.5) is 4.39 Å². The van der Waals surface area contributed by atoms with Crippen molar-refractivity contribution >= 4 is 39.1 Å². The summed E-state index contributed by atoms with van der Waals surface area (Å²) in [6, 6.07) is 4.12. The van der Waals surface area contributed by atoms with E-state index < -0.39 is 33.3 Å². The Morgan fingerprint density at radius 3 is 2.41 bits per heavy atom. The lowest BCUT2D eigenvalue weighted by Gasteiger charge is -2.19. The normalized spacial score (nSPS) is 13.4. The third kappa shape index (κ3) is 5.44. The van der Waals surface area contributed by atoms with Crippen molar-refractivity contribution in [1.82, 2.24) is 10.0 Å². The number of furan rings is 1. The van der Waals surface area contributed by atoms with Crippen molar-refractivity contribution in [2.24, 2.45) is 0 Å². The van der Waals surface area contributed by atoms with Crippen LogP contribution in [0.1, 0.15) is 49.9 Å². The first-order valence-corrected chi connectivity index (χ1v) is 10.1. The second-order valence-corrected chi connectivity index (χ2v) is 9.38. The van der Waals surface area contributed by atoms with Crippen LogP contribution in [0.3, 0.4) is 0 Å². The van der Waals surface area contributed by atoms with E-state index in [2.05, 4.69) is 10.0 Å². The minimum atomic E-state index is -3.91. The van der Waals surface area contributed by atoms with Crippen LogP contribution in [0.2, 0.25) is 10.0 Å². The smallest absolute Gasteiger partial charge is 0.287 e. The quantitative estimate of drug-likeness (QED) is 0.683. The molecule has 0 radical (unpaired) electrons. The maximum atomic E-state index is 13.7. The van der Waals surface area contributed by atoms with E-state index in [0.717, 1.165) is 6.07 Å². The monoisotopic (exact) mass is 436 g/mol. The highest BCUT2D eigenvalue weighted by atomic mass is 35.5. The number of carbonyl (C=O) groups is 1. The maximum absolute atomic E-state index is 13.7. The fourth-order valence-electron chi connectivity index (χ4n) is 2.26. The Bertz CT molecular complexity index is 968. The number of halogens is 3. The van der Waals surface area contributed by atoms with Crippen LogP contribution in [-0.4, -0.2) is 19.9 Å². The van der Waals surface area contributed by atoms with Gasteiger partial charge in [-0.1, -0.05) is 23.2 Å². The number of rotatable bonds is 5. The minimum absolute atomic E-state index is 0.130. The lowest BCUT2D eigenvalue weighted by molar-refractivity contribution is 0.0906. The molecule has 0 aliphatic carbocycles. The minimum Gasteiger partial charge on any atom is -0.438 e. The average Bonchev–Trinajstić information content (AvgIpc) is 2.99. The number of nitrogens with one attached hydrogen (secondary N) is 2. The highest BCUT2D eigenvalue weighted by molar-refractivity contribution is 7.89. The molecule has 0 aliphatic rings. The van der Waals surface area contributed by atoms with Gasteiger partial charge in [0.05, 0.1) is 11.1 Å². The maximum Gasteiger partial charge on any atom is 0.287 e. The number of carbonyl (C=O) groups excluding carboxylic acids is 1. The van der Waals surface area contributed by atoms with E-state index >= 15 is 0 Å². The van der Waals surface area contributed by atoms with E-state index in [-0.39, 0.29) is 20.9 Å². The summed E-state index contributed by atoms with van der Waals surface area (Å²) in [4.78, 5) is 12.3. The molecule has 1 atom stereocenters. The molecule has 1 unspecified atom stereocenters. The largest absolute Gasteiger partial charge is 0.438 e. The number of hydrogen-bond acceptors (Lipinski definition) is 4. The highest BCUT2D eigenvalue weighted by Crippen LogP contribution is 2.29. The summed E-state index contributed by atoms with van der Waals surface area (Å²) in [6.45, 7) is 6.63. The van der Waals surface area contributed by atoms with Crippen molar-refractivity contribution in [3.05, 3.63) is 51.5 Å². The summed E-state index contributed by atoms with van der Waals surface area (Å²) < 4.78 is 45.7. The molecule has 2 rings (SSSR count). The molecule has 0 spiro atoms. The predicted octanol–water partition coefficient (Wildman–Crippen LogP) is 4.29. The molecule has 0 saturated carbocycles. The fourth-order valence-corrected chi connectivity index (χ4v) is 4.16. The SMILES string of the molecule is CC(NC(=O)c1ccc(S(=O)(=O)NC(C)(C)C)o1)c1cc(F)c(Cl)cc1Cl. The first kappa shape index (κ1) is 21.7. The summed E-state index contributed by atoms with van der Waals surface area (Å²) in [7, 11) is -3.91. The van der Waals surface area contributed by atoms with Crippen molar-refractivity contribution < 1.29 is 22.0 Å². The van der Waals surface area contributed by atoms with Crippen molar-refractivity contribution in [1.29, 1.82) is 0 Å². The van der Waals surface area contributed by atoms with Gasteiger partial charge in [-0.25, -0.2) is 17.5 Å². The Kier molecular flexibility index (Phi) is 6.26. The van der Waals surface area contributed by atoms with Crippen molar-refractivity contribution in [3.8, 4) is 0 Å². The van der Waals surface area contributed by atoms with Gasteiger partial charge in [0.25, 0.3) is 15.9 Å². The van der Waals surface area contributed by atoms with Gasteiger partial charge in [-0.3, -0.25) is 4.79 Å². The van der Waals surface area contributed by atoms with E-state index in [4.69, 9.17) is 27.6 Å². The zero-order valence-electron chi connectivity index (χ0n) is 15.1. The molecule has 1 aromatic heterocycles. The van der Waals surface area contributed by atoms with Crippen LogP contribution in [0.25, 0.3) is 0 Å². The molecule has 1 amide bonds. The fraction of sp³-hybridized carbons (Fsp3) is 0.353. The number of hydrogen-bond donors (Lipinski definition) is 2. The third-order valence-electron chi connectivity index (χ3n) is 3.36. The van der Waals surface area contributed by atoms with Crippen LogP contribution in [-0.2, 0) is 10.0 Å². The molecular formula is C17H19Cl2FN2O4S. The first-order chi connectivity index (χ1) is 12.3. The Hall–Kier alpha value is -1.61. The van der Waals surface area contributed by atoms with Gasteiger partial charge in [-0.15, -0.1) is 0 Å². The average molecular weight is 437 g/mol. The molecule has 6 nitrogen and oxygen atoms in total. The number of benzene rings is 1. The van der Waals surface area contributed by atoms with Crippen LogP contribution in [0.5, 0.6) is 0 Å². The van der Waals surface area contributed by atoms with Crippen molar-refractivity contribution in [2.75, 3.05) is 0 Å². The topological polar surface area (TPSA) is 88.4 Å². The van der Waals surface area contributed by atoms with E-state index in [1.165, 1.54) is 18.2 Å². The van der Waals surface area contributed by atoms with Crippen molar-refractivity contribution in [2.45, 2.75) is 44.4 Å². The molecule has 1 heterocycles. The lowest BCUT2D eigenvalue weighted by Crippen LogP contribution is -2.40. The lowest BCUT2D eigenvalue weighted by atomic mass is 10.1. The third-order valence-corrected chi connectivity index (χ3v) is 5.61. The highest BCUT2D eigenvalue weighted by Gasteiger charge is 2.26. The molecule has 27 heavy (non-hydrogen) atoms. The van der Waals surface area contributed by atoms with Gasteiger partial charge in [-0.2, -0.15) is 0 Å². The van der Waals surface area contributed by atoms with E-state index in [0.29, 0.717) is 5.56 Å². The Labute approximate surface area is 167 Å². The number of amides is 1. The molecule has 0 aliphatic heterocycles. The van der Waals surface area contributed by atoms with Crippen LogP contribution < -0.4 is 10.0 Å². The molecule has 1 aromatic carbocycles. The van der Waals surface area contributed by atoms with Gasteiger partial charge in [0, 0.05) is 10.6 Å². The number of sulfonamides is 1. The molecule has 0 fully saturated rings. The van der Waals surface area contributed by atoms with Gasteiger partial charge >= 0.3 is 0 Å². The molecule has 2 aromatic rings. The standard InChI is InChI=1S/C17H19Cl2FN2O4S/c1-9(10-7-13(20)12(19)8-11(10)18)21-16(23)14-5-6-15(26-14)27(24,25)22-17(2,3)4/h5-9,22H,1-4H3,(H,21,23). The van der Waals surface area contributed by atoms with Gasteiger partial charge in [0.15, 0.2) is 5.76 Å². The van der Waals surface area contributed by atoms with E-state index in [1.807, 2.05) is 0 Å². The second kappa shape index (κ2) is 7.79. The summed E-state index contributed by atoms with van der Waals surface area (Å²) in [5.41, 5.74) is -0.390. The zero-order chi connectivity index (χ0) is 20.6. The van der Waals surface area contributed by atoms with Crippen molar-refractivity contribution in [3.63, 3.8) is 0 Å². The molecule has 2 N–H and O–H groups in total. The molecule has 0 bridgehead atoms. The molecule has 0 saturated heterocycles. The Morgan fingerprint density at radius 2 is 1.81 bits per heavy atom. The molecule has 148 valence electrons. The van der Waals surface area contributed by atoms with Gasteiger partial charge < -0.3 is 9.73 Å². The molecular weight excluding hydrogens is 418 g/mol. The summed E-state index contributed by atoms with van der Waals surface area (Å²) in [5, 5.41) is 2.24. The van der Waals surface area contributed by atoms with E-state index in [9.17, 15) is 17.6 Å². The Morgan fingerprint density at radius 1 is 1.19 bits per heavy atom. The first-order valence-electron chi connectivity index (χ1n) is 7.89. The zero-order valence-corrected chi connectivity index (χ0v) is 17.4. The van der Waals surface area contributed by atoms with Gasteiger partial charge in [0.2, 0.25) is 5.09 Å². The summed E-state index contributed by atoms with van der Waals surface area (Å²) in [5.74, 6) is -1.55. The van der Waals surface area contributed by atoms with Crippen LogP contribution >= 0.6 is 23.2 Å². The van der Waals surface area contributed by atoms with E-state index in [1.54, 1.807) is 27.7 Å². The Balaban J connectivity index is 2.18. The summed E-state index contributed by atoms with van der Waals surface area (Å²) >= 11 is 11.7. The molecule has 10 heteroatoms. The second-order valence-electron chi connectivity index (χ2n) is 6.96. The predicted molar refractivity (Wildman–Crippen MR) is 101 cm³/mol. The van der Waals surface area contributed by atoms with Gasteiger partial charge in [-0.05, 0) is 57.5 Å². The van der Waals surface area contributed by atoms with Gasteiger partial charge in [0.1, 0.15) is 5.82 Å².